The minimum absolute atomic E-state index is 0.0451. The zero-order valence-corrected chi connectivity index (χ0v) is 45.5. The first kappa shape index (κ1) is 56.5. The second-order valence-corrected chi connectivity index (χ2v) is 21.0. The number of piperidine rings is 1. The maximum Gasteiger partial charge on any atom is 0.605 e. The van der Waals surface area contributed by atoms with Crippen molar-refractivity contribution >= 4 is 57.7 Å². The molecule has 26 heteroatoms. The summed E-state index contributed by atoms with van der Waals surface area (Å²) in [4.78, 5) is 75.0. The third kappa shape index (κ3) is 10.9. The van der Waals surface area contributed by atoms with Crippen LogP contribution in [0.3, 0.4) is 0 Å². The van der Waals surface area contributed by atoms with Gasteiger partial charge in [0.2, 0.25) is 11.8 Å². The second-order valence-electron chi connectivity index (χ2n) is 21.0. The van der Waals surface area contributed by atoms with Crippen molar-refractivity contribution in [3.05, 3.63) is 106 Å². The number of hydrogen-bond acceptors (Lipinski definition) is 12. The minimum atomic E-state index is -1.10. The molecule has 432 valence electrons. The van der Waals surface area contributed by atoms with Crippen LogP contribution in [0.2, 0.25) is 0 Å². The number of ether oxygens (including phenoxy) is 4. The van der Waals surface area contributed by atoms with Gasteiger partial charge in [-0.1, -0.05) is 6.07 Å². The predicted octanol–water partition coefficient (Wildman–Crippen LogP) is 7.35. The van der Waals surface area contributed by atoms with Crippen LogP contribution in [0.1, 0.15) is 124 Å². The third-order valence-corrected chi connectivity index (χ3v) is 16.5. The zero-order chi connectivity index (χ0) is 57.6. The average Bonchev–Trinajstić information content (AvgIpc) is 4.46. The number of hydrogen-bond donors (Lipinski definition) is 4. The van der Waals surface area contributed by atoms with Crippen LogP contribution in [0.25, 0.3) is 22.1 Å². The third-order valence-electron chi connectivity index (χ3n) is 16.5. The molecule has 81 heavy (non-hydrogen) atoms. The number of likely N-dealkylation sites (tertiary alicyclic amines) is 2. The number of fused-ring (bicyclic) bond motifs is 2. The number of methoxy groups -OCH3 is 4. The zero-order valence-electron chi connectivity index (χ0n) is 45.5. The van der Waals surface area contributed by atoms with E-state index in [1.165, 1.54) is 63.7 Å². The van der Waals surface area contributed by atoms with Gasteiger partial charge in [-0.2, -0.15) is 4.90 Å². The highest BCUT2D eigenvalue weighted by atomic mass is 19.2. The number of H-pyrrole nitrogens is 2. The molecule has 10 rings (SSSR count). The molecular weight excluding hydrogens is 1070 g/mol. The first-order valence-electron chi connectivity index (χ1n) is 27.0. The fraction of sp³-hybridized carbons (Fsp3) is 0.491. The van der Waals surface area contributed by atoms with Gasteiger partial charge in [-0.3, -0.25) is 9.59 Å². The van der Waals surface area contributed by atoms with Crippen LogP contribution >= 0.6 is 0 Å². The van der Waals surface area contributed by atoms with Crippen LogP contribution in [-0.4, -0.2) is 133 Å². The molecule has 4 N–H and O–H groups in total. The van der Waals surface area contributed by atoms with Crippen molar-refractivity contribution in [2.24, 2.45) is 0 Å². The summed E-state index contributed by atoms with van der Waals surface area (Å²) >= 11 is 0. The summed E-state index contributed by atoms with van der Waals surface area (Å²) in [5.41, 5.74) is 1.25. The van der Waals surface area contributed by atoms with Crippen molar-refractivity contribution in [3.63, 3.8) is 0 Å². The Morgan fingerprint density at radius 1 is 0.617 bits per heavy atom. The monoisotopic (exact) mass is 1130 g/mol. The van der Waals surface area contributed by atoms with E-state index in [0.29, 0.717) is 61.5 Å². The van der Waals surface area contributed by atoms with Crippen molar-refractivity contribution < 1.29 is 74.2 Å². The Morgan fingerprint density at radius 3 is 1.48 bits per heavy atom. The smallest absolute Gasteiger partial charge is 0.453 e. The van der Waals surface area contributed by atoms with E-state index in [1.807, 2.05) is 0 Å². The quantitative estimate of drug-likeness (QED) is 0.0745. The van der Waals surface area contributed by atoms with Gasteiger partial charge in [-0.25, -0.2) is 37.1 Å². The van der Waals surface area contributed by atoms with Crippen molar-refractivity contribution in [1.82, 2.24) is 40.4 Å². The standard InChI is InChI=1S/C55H62F6N12O8/c1-28(78-3)47(66-53(76)80-5)51(74)69-18-8-12-44(69)49-62-38-22-32(36(58)24-40(38)64-49)42-14-15-43(73(42)31-26-71(60)55(72(61)27-31)68-20-16-30(17-21-68)46-34(56)10-7-11-35(46)57)33-23-39-41(25-37(33)59)65-50(63-39)45-13-9-19-70(45)52(75)48(29(2)79-4)67-54(77)81-6/h7,10-11,22-30,42-45,47-48H,8-9,12-21H2,1-6H3,(H2-2,62,63,64,65,66,67,76,77)/p+2/t28-,29-,42-,43-,44+,45+,47+,48+/m1/s1. The number of imidazole rings is 2. The SMILES string of the molecule is COC(=O)N[C@H](C(=O)N1CCC[C@H]1c1nc2cc(F)c([C@H]3CC[C@H](c4cc5[nH]c([C@@H]6CCCN6C(=O)[C@@H](NC(=O)OC)[C@@H](C)OC)nc5cc4F)N3c3c[n+](F)c(N4CCC(c5c(F)cccc5F)CC4)[n+](F)c3)cc2[nH]1)[C@@H](C)OC. The average molecular weight is 1140 g/mol. The molecule has 8 atom stereocenters. The van der Waals surface area contributed by atoms with Gasteiger partial charge in [0.05, 0.1) is 82.2 Å². The first-order chi connectivity index (χ1) is 38.9. The molecule has 4 aliphatic rings. The minimum Gasteiger partial charge on any atom is -0.453 e. The highest BCUT2D eigenvalue weighted by Crippen LogP contribution is 2.49. The van der Waals surface area contributed by atoms with Gasteiger partial charge in [0.1, 0.15) is 65.8 Å². The van der Waals surface area contributed by atoms with E-state index in [9.17, 15) is 28.0 Å². The van der Waals surface area contributed by atoms with Crippen LogP contribution in [0.15, 0.2) is 54.9 Å². The fourth-order valence-corrected chi connectivity index (χ4v) is 12.3. The molecule has 4 saturated heterocycles. The molecule has 4 amide bonds. The molecule has 4 aliphatic heterocycles. The number of nitrogens with one attached hydrogen (secondary N) is 4. The number of aromatic amines is 2. The molecule has 4 fully saturated rings. The number of alkyl carbamates (subject to hydrolysis) is 2. The molecular formula is C55H64F6N12O8+2. The number of aromatic nitrogens is 6. The number of carbonyl (C=O) groups excluding carboxylic acids is 4. The Hall–Kier alpha value is -7.74. The topological polar surface area (TPSA) is 207 Å². The second kappa shape index (κ2) is 23.4. The van der Waals surface area contributed by atoms with Gasteiger partial charge >= 0.3 is 18.1 Å². The van der Waals surface area contributed by atoms with Crippen LogP contribution in [0, 0.1) is 23.3 Å². The molecule has 0 spiro atoms. The van der Waals surface area contributed by atoms with Crippen LogP contribution < -0.4 is 30.0 Å². The summed E-state index contributed by atoms with van der Waals surface area (Å²) in [5, 5.41) is 5.11. The Balaban J connectivity index is 0.997. The lowest BCUT2D eigenvalue weighted by atomic mass is 9.89. The normalized spacial score (nSPS) is 21.2. The lowest BCUT2D eigenvalue weighted by molar-refractivity contribution is -0.939. The van der Waals surface area contributed by atoms with E-state index < -0.39 is 108 Å². The summed E-state index contributed by atoms with van der Waals surface area (Å²) in [6.45, 7) is 4.01. The largest absolute Gasteiger partial charge is 0.605 e. The molecule has 0 saturated carbocycles. The van der Waals surface area contributed by atoms with Gasteiger partial charge in [0, 0.05) is 65.1 Å². The molecule has 0 aliphatic carbocycles. The first-order valence-corrected chi connectivity index (χ1v) is 27.0. The van der Waals surface area contributed by atoms with Crippen molar-refractivity contribution in [2.75, 3.05) is 64.4 Å². The van der Waals surface area contributed by atoms with Crippen LogP contribution in [0.5, 0.6) is 0 Å². The summed E-state index contributed by atoms with van der Waals surface area (Å²) in [5.74, 6) is -4.05. The number of carbonyl (C=O) groups is 4. The fourth-order valence-electron chi connectivity index (χ4n) is 12.3. The van der Waals surface area contributed by atoms with Gasteiger partial charge in [0.25, 0.3) is 0 Å². The van der Waals surface area contributed by atoms with Crippen LogP contribution in [0.4, 0.5) is 47.7 Å². The van der Waals surface area contributed by atoms with Crippen molar-refractivity contribution in [3.8, 4) is 0 Å². The molecule has 6 aromatic rings. The molecule has 20 nitrogen and oxygen atoms in total. The van der Waals surface area contributed by atoms with Gasteiger partial charge < -0.3 is 54.2 Å². The maximum absolute atomic E-state index is 17.0. The Labute approximate surface area is 461 Å². The molecule has 0 bridgehead atoms. The Bertz CT molecular complexity index is 3160. The van der Waals surface area contributed by atoms with E-state index >= 15 is 17.7 Å². The number of rotatable bonds is 15. The van der Waals surface area contributed by atoms with E-state index in [4.69, 9.17) is 28.9 Å². The lowest BCUT2D eigenvalue weighted by Crippen LogP contribution is -2.54. The highest BCUT2D eigenvalue weighted by Gasteiger charge is 2.46. The highest BCUT2D eigenvalue weighted by molar-refractivity contribution is 5.88. The lowest BCUT2D eigenvalue weighted by Gasteiger charge is -2.32. The van der Waals surface area contributed by atoms with E-state index in [-0.39, 0.29) is 81.8 Å². The van der Waals surface area contributed by atoms with E-state index in [2.05, 4.69) is 20.6 Å². The summed E-state index contributed by atoms with van der Waals surface area (Å²) in [6.07, 6.45) is 1.84. The number of benzene rings is 3. The Morgan fingerprint density at radius 2 is 1.06 bits per heavy atom. The van der Waals surface area contributed by atoms with E-state index in [1.54, 1.807) is 40.7 Å². The van der Waals surface area contributed by atoms with Gasteiger partial charge in [-0.05, 0) is 95.4 Å². The van der Waals surface area contributed by atoms with Gasteiger partial charge in [0.15, 0.2) is 12.4 Å². The molecule has 7 heterocycles. The molecule has 3 aromatic heterocycles. The van der Waals surface area contributed by atoms with Crippen molar-refractivity contribution in [2.45, 2.75) is 120 Å². The number of amides is 4. The van der Waals surface area contributed by atoms with Gasteiger partial charge in [-0.15, -0.1) is 0 Å². The number of nitrogens with zero attached hydrogens (tertiary/aromatic N) is 8. The molecule has 0 unspecified atom stereocenters. The summed E-state index contributed by atoms with van der Waals surface area (Å²) in [7, 11) is 5.18. The molecule has 3 aromatic carbocycles. The molecule has 0 radical (unpaired) electrons. The van der Waals surface area contributed by atoms with Crippen molar-refractivity contribution in [1.29, 1.82) is 0 Å². The van der Waals surface area contributed by atoms with Crippen LogP contribution in [-0.2, 0) is 28.5 Å². The number of anilines is 2. The Kier molecular flexibility index (Phi) is 16.3. The maximum atomic E-state index is 17.0. The van der Waals surface area contributed by atoms with E-state index in [0.717, 1.165) is 12.4 Å². The summed E-state index contributed by atoms with van der Waals surface area (Å²) < 4.78 is 117. The predicted molar refractivity (Wildman–Crippen MR) is 279 cm³/mol. The number of halogens is 6. The summed E-state index contributed by atoms with van der Waals surface area (Å²) in [6, 6.07) is 3.84.